The van der Waals surface area contributed by atoms with E-state index in [-0.39, 0.29) is 23.8 Å². The van der Waals surface area contributed by atoms with E-state index in [0.29, 0.717) is 11.3 Å². The molecular weight excluding hydrogens is 375 g/mol. The molecule has 0 spiro atoms. The molecule has 0 bridgehead atoms. The molecule has 0 saturated carbocycles. The molecular formula is C18H21FN2O5S. The number of anilines is 1. The van der Waals surface area contributed by atoms with Crippen molar-refractivity contribution in [2.45, 2.75) is 6.54 Å². The first-order valence-electron chi connectivity index (χ1n) is 7.95. The van der Waals surface area contributed by atoms with E-state index < -0.39 is 22.5 Å². The maximum absolute atomic E-state index is 12.9. The van der Waals surface area contributed by atoms with Gasteiger partial charge in [-0.25, -0.2) is 12.8 Å². The van der Waals surface area contributed by atoms with Gasteiger partial charge in [-0.1, -0.05) is 12.1 Å². The molecule has 9 heteroatoms. The van der Waals surface area contributed by atoms with Crippen LogP contribution in [-0.2, 0) is 21.4 Å². The maximum Gasteiger partial charge on any atom is 0.241 e. The van der Waals surface area contributed by atoms with Crippen LogP contribution in [0.2, 0.25) is 0 Å². The lowest BCUT2D eigenvalue weighted by Crippen LogP contribution is -2.40. The van der Waals surface area contributed by atoms with Crippen LogP contribution in [0.3, 0.4) is 0 Å². The van der Waals surface area contributed by atoms with Crippen molar-refractivity contribution in [1.29, 1.82) is 0 Å². The summed E-state index contributed by atoms with van der Waals surface area (Å²) in [5, 5.41) is 2.62. The average Bonchev–Trinajstić information content (AvgIpc) is 2.64. The van der Waals surface area contributed by atoms with E-state index in [2.05, 4.69) is 5.32 Å². The SMILES string of the molecule is COc1ccc(OC)c(N(CC(=O)NCc2ccc(F)cc2)S(C)(=O)=O)c1. The Morgan fingerprint density at radius 2 is 1.78 bits per heavy atom. The van der Waals surface area contributed by atoms with E-state index in [4.69, 9.17) is 9.47 Å². The molecule has 146 valence electrons. The second kappa shape index (κ2) is 8.72. The molecule has 1 amide bonds. The van der Waals surface area contributed by atoms with Crippen LogP contribution in [0, 0.1) is 5.82 Å². The van der Waals surface area contributed by atoms with E-state index in [1.54, 1.807) is 12.1 Å². The predicted molar refractivity (Wildman–Crippen MR) is 100.0 cm³/mol. The zero-order valence-electron chi connectivity index (χ0n) is 15.2. The highest BCUT2D eigenvalue weighted by Crippen LogP contribution is 2.33. The van der Waals surface area contributed by atoms with Gasteiger partial charge in [0.2, 0.25) is 15.9 Å². The molecule has 0 atom stereocenters. The summed E-state index contributed by atoms with van der Waals surface area (Å²) in [5.74, 6) is -0.188. The number of sulfonamides is 1. The van der Waals surface area contributed by atoms with Gasteiger partial charge in [-0.3, -0.25) is 9.10 Å². The van der Waals surface area contributed by atoms with E-state index in [9.17, 15) is 17.6 Å². The van der Waals surface area contributed by atoms with Gasteiger partial charge in [0.05, 0.1) is 26.2 Å². The van der Waals surface area contributed by atoms with E-state index in [1.165, 1.54) is 44.6 Å². The molecule has 0 heterocycles. The summed E-state index contributed by atoms with van der Waals surface area (Å²) >= 11 is 0. The quantitative estimate of drug-likeness (QED) is 0.737. The van der Waals surface area contributed by atoms with Crippen LogP contribution in [-0.4, -0.2) is 41.3 Å². The number of benzene rings is 2. The smallest absolute Gasteiger partial charge is 0.241 e. The van der Waals surface area contributed by atoms with Gasteiger partial charge in [-0.2, -0.15) is 0 Å². The fraction of sp³-hybridized carbons (Fsp3) is 0.278. The van der Waals surface area contributed by atoms with Gasteiger partial charge >= 0.3 is 0 Å². The Labute approximate surface area is 157 Å². The van der Waals surface area contributed by atoms with Gasteiger partial charge in [-0.15, -0.1) is 0 Å². The largest absolute Gasteiger partial charge is 0.497 e. The third-order valence-electron chi connectivity index (χ3n) is 3.75. The van der Waals surface area contributed by atoms with Crippen molar-refractivity contribution in [2.24, 2.45) is 0 Å². The van der Waals surface area contributed by atoms with Crippen LogP contribution in [0.5, 0.6) is 11.5 Å². The van der Waals surface area contributed by atoms with Gasteiger partial charge in [0.25, 0.3) is 0 Å². The third kappa shape index (κ3) is 5.58. The van der Waals surface area contributed by atoms with Crippen LogP contribution in [0.1, 0.15) is 5.56 Å². The first-order chi connectivity index (χ1) is 12.7. The summed E-state index contributed by atoms with van der Waals surface area (Å²) in [6.07, 6.45) is 0.999. The van der Waals surface area contributed by atoms with E-state index in [1.807, 2.05) is 0 Å². The van der Waals surface area contributed by atoms with Crippen molar-refractivity contribution in [3.05, 3.63) is 53.8 Å². The van der Waals surface area contributed by atoms with Crippen molar-refractivity contribution in [1.82, 2.24) is 5.32 Å². The van der Waals surface area contributed by atoms with Gasteiger partial charge in [-0.05, 0) is 29.8 Å². The number of hydrogen-bond acceptors (Lipinski definition) is 5. The molecule has 27 heavy (non-hydrogen) atoms. The summed E-state index contributed by atoms with van der Waals surface area (Å²) in [5.41, 5.74) is 0.880. The molecule has 0 aliphatic rings. The molecule has 0 fully saturated rings. The topological polar surface area (TPSA) is 84.9 Å². The van der Waals surface area contributed by atoms with Crippen molar-refractivity contribution >= 4 is 21.6 Å². The molecule has 2 aromatic rings. The van der Waals surface area contributed by atoms with Gasteiger partial charge in [0.1, 0.15) is 23.9 Å². The number of hydrogen-bond donors (Lipinski definition) is 1. The van der Waals surface area contributed by atoms with Crippen LogP contribution < -0.4 is 19.1 Å². The zero-order valence-corrected chi connectivity index (χ0v) is 16.0. The summed E-state index contributed by atoms with van der Waals surface area (Å²) in [4.78, 5) is 12.3. The minimum absolute atomic E-state index is 0.145. The number of methoxy groups -OCH3 is 2. The molecule has 0 aliphatic carbocycles. The summed E-state index contributed by atoms with van der Waals surface area (Å²) in [6.45, 7) is -0.296. The minimum atomic E-state index is -3.77. The van der Waals surface area contributed by atoms with Crippen LogP contribution in [0.15, 0.2) is 42.5 Å². The molecule has 1 N–H and O–H groups in total. The third-order valence-corrected chi connectivity index (χ3v) is 4.87. The Hall–Kier alpha value is -2.81. The zero-order chi connectivity index (χ0) is 20.0. The Kier molecular flexibility index (Phi) is 6.62. The molecule has 2 aromatic carbocycles. The molecule has 7 nitrogen and oxygen atoms in total. The summed E-state index contributed by atoms with van der Waals surface area (Å²) < 4.78 is 48.7. The van der Waals surface area contributed by atoms with Gasteiger partial charge in [0, 0.05) is 12.6 Å². The number of carbonyl (C=O) groups excluding carboxylic acids is 1. The number of nitrogens with one attached hydrogen (secondary N) is 1. The molecule has 0 aliphatic heterocycles. The van der Waals surface area contributed by atoms with Crippen molar-refractivity contribution in [3.63, 3.8) is 0 Å². The predicted octanol–water partition coefficient (Wildman–Crippen LogP) is 1.93. The number of rotatable bonds is 8. The number of amides is 1. The fourth-order valence-electron chi connectivity index (χ4n) is 2.36. The number of halogens is 1. The van der Waals surface area contributed by atoms with Gasteiger partial charge < -0.3 is 14.8 Å². The minimum Gasteiger partial charge on any atom is -0.497 e. The fourth-order valence-corrected chi connectivity index (χ4v) is 3.21. The lowest BCUT2D eigenvalue weighted by molar-refractivity contribution is -0.119. The second-order valence-electron chi connectivity index (χ2n) is 5.71. The highest BCUT2D eigenvalue weighted by Gasteiger charge is 2.24. The Morgan fingerprint density at radius 1 is 1.11 bits per heavy atom. The first kappa shape index (κ1) is 20.5. The second-order valence-corrected chi connectivity index (χ2v) is 7.62. The molecule has 0 saturated heterocycles. The molecule has 0 radical (unpaired) electrons. The summed E-state index contributed by atoms with van der Waals surface area (Å²) in [7, 11) is -0.918. The van der Waals surface area contributed by atoms with Crippen molar-refractivity contribution < 1.29 is 27.1 Å². The summed E-state index contributed by atoms with van der Waals surface area (Å²) in [6, 6.07) is 10.3. The maximum atomic E-state index is 12.9. The highest BCUT2D eigenvalue weighted by molar-refractivity contribution is 7.92. The van der Waals surface area contributed by atoms with E-state index >= 15 is 0 Å². The van der Waals surface area contributed by atoms with Crippen LogP contribution in [0.4, 0.5) is 10.1 Å². The molecule has 0 aromatic heterocycles. The van der Waals surface area contributed by atoms with E-state index in [0.717, 1.165) is 10.6 Å². The number of ether oxygens (including phenoxy) is 2. The van der Waals surface area contributed by atoms with Crippen molar-refractivity contribution in [3.8, 4) is 11.5 Å². The number of nitrogens with zero attached hydrogens (tertiary/aromatic N) is 1. The Bertz CT molecular complexity index is 900. The first-order valence-corrected chi connectivity index (χ1v) is 9.80. The average molecular weight is 396 g/mol. The Morgan fingerprint density at radius 3 is 2.33 bits per heavy atom. The standard InChI is InChI=1S/C18H21FN2O5S/c1-25-15-8-9-17(26-2)16(10-15)21(27(3,23)24)12-18(22)20-11-13-4-6-14(19)7-5-13/h4-10H,11-12H2,1-3H3,(H,20,22). The molecule has 2 rings (SSSR count). The van der Waals surface area contributed by atoms with Gasteiger partial charge in [0.15, 0.2) is 0 Å². The van der Waals surface area contributed by atoms with Crippen LogP contribution >= 0.6 is 0 Å². The Balaban J connectivity index is 2.20. The lowest BCUT2D eigenvalue weighted by Gasteiger charge is -2.24. The van der Waals surface area contributed by atoms with Crippen LogP contribution in [0.25, 0.3) is 0 Å². The monoisotopic (exact) mass is 396 g/mol. The highest BCUT2D eigenvalue weighted by atomic mass is 32.2. The molecule has 0 unspecified atom stereocenters. The lowest BCUT2D eigenvalue weighted by atomic mass is 10.2. The van der Waals surface area contributed by atoms with Crippen molar-refractivity contribution in [2.75, 3.05) is 31.3 Å². The normalized spacial score (nSPS) is 11.0. The number of carbonyl (C=O) groups is 1.